The van der Waals surface area contributed by atoms with Crippen molar-refractivity contribution in [2.45, 2.75) is 42.0 Å². The van der Waals surface area contributed by atoms with Gasteiger partial charge >= 0.3 is 0 Å². The molecule has 30 heavy (non-hydrogen) atoms. The second-order valence-corrected chi connectivity index (χ2v) is 9.60. The van der Waals surface area contributed by atoms with Gasteiger partial charge in [-0.3, -0.25) is 9.89 Å². The molecule has 1 atom stereocenters. The molecule has 3 rings (SSSR count). The summed E-state index contributed by atoms with van der Waals surface area (Å²) in [6.07, 6.45) is 2.87. The second-order valence-electron chi connectivity index (χ2n) is 6.61. The van der Waals surface area contributed by atoms with Crippen molar-refractivity contribution in [3.63, 3.8) is 0 Å². The molecule has 2 heterocycles. The number of hydrogen-bond acceptors (Lipinski definition) is 8. The molecule has 1 aromatic carbocycles. The highest BCUT2D eigenvalue weighted by atomic mass is 32.2. The highest BCUT2D eigenvalue weighted by molar-refractivity contribution is 8.00. The average molecular weight is 448 g/mol. The Morgan fingerprint density at radius 1 is 1.10 bits per heavy atom. The van der Waals surface area contributed by atoms with Crippen LogP contribution in [0.25, 0.3) is 0 Å². The Balaban J connectivity index is 1.61. The third kappa shape index (κ3) is 5.54. The predicted molar refractivity (Wildman–Crippen MR) is 114 cm³/mol. The van der Waals surface area contributed by atoms with Crippen LogP contribution in [-0.4, -0.2) is 44.7 Å². The molecule has 0 spiro atoms. The minimum Gasteiger partial charge on any atom is -0.325 e. The first-order valence-corrected chi connectivity index (χ1v) is 11.4. The molecule has 2 aromatic heterocycles. The SMILES string of the molecule is CC(Sc1n[nH]c(C(C)C)n1)C(=O)Nc1ccc(S(=O)(=O)Nc2ncccn2)cc1. The zero-order valence-corrected chi connectivity index (χ0v) is 18.2. The third-order valence-electron chi connectivity index (χ3n) is 3.90. The fraction of sp³-hybridized carbons (Fsp3) is 0.278. The van der Waals surface area contributed by atoms with Gasteiger partial charge in [0, 0.05) is 24.0 Å². The molecule has 158 valence electrons. The molecule has 1 unspecified atom stereocenters. The quantitative estimate of drug-likeness (QED) is 0.447. The largest absolute Gasteiger partial charge is 0.325 e. The van der Waals surface area contributed by atoms with Gasteiger partial charge in [0.1, 0.15) is 5.82 Å². The van der Waals surface area contributed by atoms with Crippen LogP contribution >= 0.6 is 11.8 Å². The summed E-state index contributed by atoms with van der Waals surface area (Å²) in [6, 6.07) is 7.39. The maximum absolute atomic E-state index is 12.4. The van der Waals surface area contributed by atoms with Crippen molar-refractivity contribution in [2.24, 2.45) is 0 Å². The molecule has 0 saturated carbocycles. The monoisotopic (exact) mass is 447 g/mol. The van der Waals surface area contributed by atoms with Crippen molar-refractivity contribution in [1.82, 2.24) is 25.1 Å². The molecule has 0 fully saturated rings. The lowest BCUT2D eigenvalue weighted by Crippen LogP contribution is -2.22. The van der Waals surface area contributed by atoms with Crippen LogP contribution in [-0.2, 0) is 14.8 Å². The van der Waals surface area contributed by atoms with Crippen LogP contribution in [0.5, 0.6) is 0 Å². The standard InChI is InChI=1S/C18H21N7O3S2/c1-11(2)15-22-18(24-23-15)29-12(3)16(26)21-13-5-7-14(8-6-13)30(27,28)25-17-19-9-4-10-20-17/h4-12H,1-3H3,(H,21,26)(H,19,20,25)(H,22,23,24). The lowest BCUT2D eigenvalue weighted by molar-refractivity contribution is -0.115. The average Bonchev–Trinajstić information content (AvgIpc) is 3.17. The summed E-state index contributed by atoms with van der Waals surface area (Å²) in [7, 11) is -3.83. The van der Waals surface area contributed by atoms with Gasteiger partial charge in [-0.15, -0.1) is 5.10 Å². The number of carbonyl (C=O) groups is 1. The summed E-state index contributed by atoms with van der Waals surface area (Å²) in [4.78, 5) is 24.5. The fourth-order valence-electron chi connectivity index (χ4n) is 2.27. The number of rotatable bonds is 8. The van der Waals surface area contributed by atoms with Crippen molar-refractivity contribution in [3.05, 3.63) is 48.5 Å². The molecule has 0 radical (unpaired) electrons. The molecule has 3 N–H and O–H groups in total. The van der Waals surface area contributed by atoms with Crippen LogP contribution in [0.15, 0.2) is 52.8 Å². The van der Waals surface area contributed by atoms with Gasteiger partial charge < -0.3 is 5.32 Å². The Morgan fingerprint density at radius 3 is 2.37 bits per heavy atom. The maximum atomic E-state index is 12.4. The zero-order chi connectivity index (χ0) is 21.7. The van der Waals surface area contributed by atoms with E-state index in [1.807, 2.05) is 13.8 Å². The Labute approximate surface area is 178 Å². The summed E-state index contributed by atoms with van der Waals surface area (Å²) >= 11 is 1.23. The van der Waals surface area contributed by atoms with Gasteiger partial charge in [0.15, 0.2) is 0 Å². The molecule has 1 amide bonds. The van der Waals surface area contributed by atoms with Gasteiger partial charge in [0.2, 0.25) is 17.0 Å². The van der Waals surface area contributed by atoms with E-state index in [2.05, 4.69) is 35.2 Å². The van der Waals surface area contributed by atoms with Crippen LogP contribution in [0.2, 0.25) is 0 Å². The number of benzene rings is 1. The first kappa shape index (κ1) is 21.7. The third-order valence-corrected chi connectivity index (χ3v) is 6.21. The van der Waals surface area contributed by atoms with Crippen molar-refractivity contribution in [1.29, 1.82) is 0 Å². The number of hydrogen-bond donors (Lipinski definition) is 3. The maximum Gasteiger partial charge on any atom is 0.264 e. The molecule has 12 heteroatoms. The van der Waals surface area contributed by atoms with E-state index in [9.17, 15) is 13.2 Å². The van der Waals surface area contributed by atoms with E-state index in [0.29, 0.717) is 10.8 Å². The second kappa shape index (κ2) is 9.22. The number of aromatic nitrogens is 5. The smallest absolute Gasteiger partial charge is 0.264 e. The van der Waals surface area contributed by atoms with Gasteiger partial charge in [-0.25, -0.2) is 28.1 Å². The fourth-order valence-corrected chi connectivity index (χ4v) is 3.96. The first-order chi connectivity index (χ1) is 14.2. The predicted octanol–water partition coefficient (Wildman–Crippen LogP) is 2.64. The highest BCUT2D eigenvalue weighted by Crippen LogP contribution is 2.23. The minimum atomic E-state index is -3.83. The van der Waals surface area contributed by atoms with Crippen LogP contribution in [0.3, 0.4) is 0 Å². The van der Waals surface area contributed by atoms with E-state index in [4.69, 9.17) is 0 Å². The molecule has 0 saturated heterocycles. The van der Waals surface area contributed by atoms with Crippen LogP contribution in [0.4, 0.5) is 11.6 Å². The Morgan fingerprint density at radius 2 is 1.77 bits per heavy atom. The zero-order valence-electron chi connectivity index (χ0n) is 16.5. The number of carbonyl (C=O) groups excluding carboxylic acids is 1. The number of nitrogens with one attached hydrogen (secondary N) is 3. The number of amides is 1. The van der Waals surface area contributed by atoms with E-state index in [1.54, 1.807) is 13.0 Å². The molecular formula is C18H21N7O3S2. The summed E-state index contributed by atoms with van der Waals surface area (Å²) in [5, 5.41) is 9.76. The molecule has 0 aliphatic rings. The van der Waals surface area contributed by atoms with E-state index >= 15 is 0 Å². The highest BCUT2D eigenvalue weighted by Gasteiger charge is 2.19. The number of aromatic amines is 1. The Kier molecular flexibility index (Phi) is 6.67. The lowest BCUT2D eigenvalue weighted by Gasteiger charge is -2.11. The number of nitrogens with zero attached hydrogens (tertiary/aromatic N) is 4. The molecule has 3 aromatic rings. The van der Waals surface area contributed by atoms with E-state index in [0.717, 1.165) is 5.82 Å². The van der Waals surface area contributed by atoms with Crippen LogP contribution in [0, 0.1) is 0 Å². The van der Waals surface area contributed by atoms with Crippen molar-refractivity contribution in [2.75, 3.05) is 10.0 Å². The van der Waals surface area contributed by atoms with E-state index < -0.39 is 15.3 Å². The van der Waals surface area contributed by atoms with Crippen molar-refractivity contribution < 1.29 is 13.2 Å². The number of anilines is 2. The van der Waals surface area contributed by atoms with Crippen molar-refractivity contribution in [3.8, 4) is 0 Å². The number of H-pyrrole nitrogens is 1. The molecule has 10 nitrogen and oxygen atoms in total. The summed E-state index contributed by atoms with van der Waals surface area (Å²) in [6.45, 7) is 5.74. The van der Waals surface area contributed by atoms with Crippen molar-refractivity contribution >= 4 is 39.3 Å². The van der Waals surface area contributed by atoms with E-state index in [1.165, 1.54) is 48.4 Å². The number of sulfonamides is 1. The first-order valence-electron chi connectivity index (χ1n) is 9.04. The van der Waals surface area contributed by atoms with Gasteiger partial charge in [0.25, 0.3) is 10.0 Å². The summed E-state index contributed by atoms with van der Waals surface area (Å²) in [5.41, 5.74) is 0.472. The molecule has 0 bridgehead atoms. The summed E-state index contributed by atoms with van der Waals surface area (Å²) < 4.78 is 27.1. The Bertz CT molecular complexity index is 1100. The lowest BCUT2D eigenvalue weighted by atomic mass is 10.2. The normalized spacial score (nSPS) is 12.5. The van der Waals surface area contributed by atoms with E-state index in [-0.39, 0.29) is 22.7 Å². The van der Waals surface area contributed by atoms with Gasteiger partial charge in [-0.2, -0.15) is 0 Å². The molecule has 0 aliphatic heterocycles. The Hall–Kier alpha value is -2.99. The van der Waals surface area contributed by atoms with Gasteiger partial charge in [0.05, 0.1) is 10.1 Å². The van der Waals surface area contributed by atoms with Crippen LogP contribution < -0.4 is 10.0 Å². The molecular weight excluding hydrogens is 426 g/mol. The van der Waals surface area contributed by atoms with Gasteiger partial charge in [-0.1, -0.05) is 25.6 Å². The van der Waals surface area contributed by atoms with Gasteiger partial charge in [-0.05, 0) is 37.3 Å². The topological polar surface area (TPSA) is 143 Å². The van der Waals surface area contributed by atoms with Crippen LogP contribution in [0.1, 0.15) is 32.5 Å². The summed E-state index contributed by atoms with van der Waals surface area (Å²) in [5.74, 6) is 0.709. The number of thioether (sulfide) groups is 1. The molecule has 0 aliphatic carbocycles. The minimum absolute atomic E-state index is 0.0201.